The van der Waals surface area contributed by atoms with Crippen LogP contribution in [-0.2, 0) is 28.3 Å². The van der Waals surface area contributed by atoms with Crippen molar-refractivity contribution in [2.45, 2.75) is 44.6 Å². The molecule has 190 valence electrons. The first kappa shape index (κ1) is 28.4. The molecule has 0 bridgehead atoms. The number of halogens is 3. The number of nitrogens with zero attached hydrogens (tertiary/aromatic N) is 1. The lowest BCUT2D eigenvalue weighted by molar-refractivity contribution is -0.139. The summed E-state index contributed by atoms with van der Waals surface area (Å²) in [5.41, 5.74) is 2.62. The van der Waals surface area contributed by atoms with Gasteiger partial charge in [0.15, 0.2) is 0 Å². The fraction of sp³-hybridized carbons (Fsp3) is 0.286. The molecule has 0 fully saturated rings. The third-order valence-electron chi connectivity index (χ3n) is 5.48. The van der Waals surface area contributed by atoms with E-state index in [2.05, 4.69) is 5.32 Å². The second kappa shape index (κ2) is 13.9. The largest absolute Gasteiger partial charge is 0.352 e. The van der Waals surface area contributed by atoms with E-state index in [0.29, 0.717) is 27.2 Å². The number of benzene rings is 3. The SMILES string of the molecule is CC(C)NC(=O)[C@H](Cc1ccccc1)N(Cc1cccc(Cl)c1)C(=O)CSCc1c(Cl)cccc1Cl. The minimum atomic E-state index is -0.689. The first-order valence-corrected chi connectivity index (χ1v) is 13.9. The van der Waals surface area contributed by atoms with E-state index in [1.807, 2.05) is 62.4 Å². The van der Waals surface area contributed by atoms with Crippen molar-refractivity contribution in [3.63, 3.8) is 0 Å². The zero-order valence-corrected chi connectivity index (χ0v) is 23.3. The number of carbonyl (C=O) groups is 2. The lowest BCUT2D eigenvalue weighted by Crippen LogP contribution is -2.52. The zero-order chi connectivity index (χ0) is 26.1. The van der Waals surface area contributed by atoms with Gasteiger partial charge in [0, 0.05) is 39.8 Å². The Morgan fingerprint density at radius 3 is 2.17 bits per heavy atom. The molecule has 36 heavy (non-hydrogen) atoms. The molecule has 1 atom stereocenters. The van der Waals surface area contributed by atoms with Crippen LogP contribution in [-0.4, -0.2) is 34.6 Å². The van der Waals surface area contributed by atoms with Gasteiger partial charge in [-0.25, -0.2) is 0 Å². The average molecular weight is 564 g/mol. The summed E-state index contributed by atoms with van der Waals surface area (Å²) in [6.45, 7) is 4.07. The Morgan fingerprint density at radius 2 is 1.53 bits per heavy atom. The maximum absolute atomic E-state index is 13.6. The summed E-state index contributed by atoms with van der Waals surface area (Å²) in [6, 6.07) is 21.7. The van der Waals surface area contributed by atoms with Crippen molar-refractivity contribution in [1.82, 2.24) is 10.2 Å². The molecule has 3 rings (SSSR count). The zero-order valence-electron chi connectivity index (χ0n) is 20.2. The van der Waals surface area contributed by atoms with Crippen LogP contribution in [0.3, 0.4) is 0 Å². The van der Waals surface area contributed by atoms with Crippen molar-refractivity contribution in [3.8, 4) is 0 Å². The maximum atomic E-state index is 13.6. The molecule has 3 aromatic rings. The summed E-state index contributed by atoms with van der Waals surface area (Å²) >= 11 is 20.2. The van der Waals surface area contributed by atoms with Crippen molar-refractivity contribution in [1.29, 1.82) is 0 Å². The highest BCUT2D eigenvalue weighted by atomic mass is 35.5. The van der Waals surface area contributed by atoms with Crippen LogP contribution in [0.5, 0.6) is 0 Å². The van der Waals surface area contributed by atoms with Gasteiger partial charge >= 0.3 is 0 Å². The molecule has 0 aliphatic carbocycles. The summed E-state index contributed by atoms with van der Waals surface area (Å²) in [6.07, 6.45) is 0.396. The van der Waals surface area contributed by atoms with Gasteiger partial charge in [0.1, 0.15) is 6.04 Å². The Hall–Kier alpha value is -2.18. The van der Waals surface area contributed by atoms with E-state index in [1.54, 1.807) is 29.2 Å². The molecule has 1 N–H and O–H groups in total. The monoisotopic (exact) mass is 562 g/mol. The number of hydrogen-bond acceptors (Lipinski definition) is 3. The van der Waals surface area contributed by atoms with Crippen LogP contribution < -0.4 is 5.32 Å². The van der Waals surface area contributed by atoms with E-state index in [-0.39, 0.29) is 30.2 Å². The third kappa shape index (κ3) is 8.45. The molecule has 0 aliphatic heterocycles. The first-order valence-electron chi connectivity index (χ1n) is 11.6. The summed E-state index contributed by atoms with van der Waals surface area (Å²) in [5, 5.41) is 4.70. The molecule has 0 heterocycles. The second-order valence-electron chi connectivity index (χ2n) is 8.71. The highest BCUT2D eigenvalue weighted by Gasteiger charge is 2.30. The van der Waals surface area contributed by atoms with E-state index >= 15 is 0 Å². The Morgan fingerprint density at radius 1 is 0.889 bits per heavy atom. The van der Waals surface area contributed by atoms with E-state index < -0.39 is 6.04 Å². The molecular weight excluding hydrogens is 535 g/mol. The van der Waals surface area contributed by atoms with Gasteiger partial charge < -0.3 is 10.2 Å². The Labute approximate surface area is 232 Å². The van der Waals surface area contributed by atoms with Gasteiger partial charge in [0.05, 0.1) is 5.75 Å². The molecule has 3 aromatic carbocycles. The van der Waals surface area contributed by atoms with Crippen LogP contribution >= 0.6 is 46.6 Å². The van der Waals surface area contributed by atoms with Gasteiger partial charge in [-0.05, 0) is 54.8 Å². The van der Waals surface area contributed by atoms with Crippen LogP contribution in [0.4, 0.5) is 0 Å². The molecule has 8 heteroatoms. The van der Waals surface area contributed by atoms with Gasteiger partial charge in [-0.15, -0.1) is 11.8 Å². The van der Waals surface area contributed by atoms with Crippen molar-refractivity contribution in [2.75, 3.05) is 5.75 Å². The van der Waals surface area contributed by atoms with Gasteiger partial charge in [0.2, 0.25) is 11.8 Å². The standard InChI is InChI=1S/C28H29Cl3N2O2S/c1-19(2)32-28(35)26(15-20-8-4-3-5-9-20)33(16-21-10-6-11-22(29)14-21)27(34)18-36-17-23-24(30)12-7-13-25(23)31/h3-14,19,26H,15-18H2,1-2H3,(H,32,35)/t26-/m0/s1. The number of hydrogen-bond donors (Lipinski definition) is 1. The second-order valence-corrected chi connectivity index (χ2v) is 10.9. The molecule has 4 nitrogen and oxygen atoms in total. The van der Waals surface area contributed by atoms with E-state index in [0.717, 1.165) is 16.7 Å². The molecule has 0 saturated heterocycles. The molecule has 0 saturated carbocycles. The maximum Gasteiger partial charge on any atom is 0.243 e. The fourth-order valence-electron chi connectivity index (χ4n) is 3.76. The van der Waals surface area contributed by atoms with Gasteiger partial charge in [0.25, 0.3) is 0 Å². The fourth-order valence-corrected chi connectivity index (χ4v) is 5.62. The van der Waals surface area contributed by atoms with Gasteiger partial charge in [-0.3, -0.25) is 9.59 Å². The first-order chi connectivity index (χ1) is 17.2. The highest BCUT2D eigenvalue weighted by molar-refractivity contribution is 7.99. The van der Waals surface area contributed by atoms with Crippen molar-refractivity contribution in [3.05, 3.63) is 105 Å². The summed E-state index contributed by atoms with van der Waals surface area (Å²) in [4.78, 5) is 28.7. The predicted octanol–water partition coefficient (Wildman–Crippen LogP) is 7.04. The lowest BCUT2D eigenvalue weighted by atomic mass is 10.0. The van der Waals surface area contributed by atoms with Crippen LogP contribution in [0.1, 0.15) is 30.5 Å². The van der Waals surface area contributed by atoms with Crippen LogP contribution in [0.2, 0.25) is 15.1 Å². The van der Waals surface area contributed by atoms with Crippen molar-refractivity contribution < 1.29 is 9.59 Å². The molecule has 0 unspecified atom stereocenters. The number of rotatable bonds is 11. The van der Waals surface area contributed by atoms with E-state index in [1.165, 1.54) is 11.8 Å². The van der Waals surface area contributed by atoms with Crippen LogP contribution in [0.15, 0.2) is 72.8 Å². The third-order valence-corrected chi connectivity index (χ3v) is 7.36. The predicted molar refractivity (Wildman–Crippen MR) is 152 cm³/mol. The summed E-state index contributed by atoms with van der Waals surface area (Å²) in [7, 11) is 0. The lowest BCUT2D eigenvalue weighted by Gasteiger charge is -2.32. The van der Waals surface area contributed by atoms with Crippen molar-refractivity contribution in [2.24, 2.45) is 0 Å². The number of amides is 2. The number of nitrogens with one attached hydrogen (secondary N) is 1. The molecule has 0 aliphatic rings. The van der Waals surface area contributed by atoms with Crippen LogP contribution in [0.25, 0.3) is 0 Å². The topological polar surface area (TPSA) is 49.4 Å². The normalized spacial score (nSPS) is 11.8. The van der Waals surface area contributed by atoms with Gasteiger partial charge in [-0.1, -0.05) is 83.3 Å². The molecule has 0 aromatic heterocycles. The van der Waals surface area contributed by atoms with E-state index in [4.69, 9.17) is 34.8 Å². The Bertz CT molecular complexity index is 1150. The smallest absolute Gasteiger partial charge is 0.243 e. The average Bonchev–Trinajstić information content (AvgIpc) is 2.83. The van der Waals surface area contributed by atoms with Crippen LogP contribution in [0, 0.1) is 0 Å². The quantitative estimate of drug-likeness (QED) is 0.272. The number of thioether (sulfide) groups is 1. The Kier molecular flexibility index (Phi) is 11.0. The minimum Gasteiger partial charge on any atom is -0.352 e. The Balaban J connectivity index is 1.87. The summed E-state index contributed by atoms with van der Waals surface area (Å²) in [5.74, 6) is 0.311. The highest BCUT2D eigenvalue weighted by Crippen LogP contribution is 2.28. The number of carbonyl (C=O) groups excluding carboxylic acids is 2. The van der Waals surface area contributed by atoms with Crippen molar-refractivity contribution >= 4 is 58.4 Å². The minimum absolute atomic E-state index is 0.0596. The summed E-state index contributed by atoms with van der Waals surface area (Å²) < 4.78 is 0. The molecule has 0 spiro atoms. The molecule has 0 radical (unpaired) electrons. The molecular formula is C28H29Cl3N2O2S. The van der Waals surface area contributed by atoms with E-state index in [9.17, 15) is 9.59 Å². The van der Waals surface area contributed by atoms with Gasteiger partial charge in [-0.2, -0.15) is 0 Å². The molecule has 2 amide bonds.